The van der Waals surface area contributed by atoms with Gasteiger partial charge in [0.05, 0.1) is 0 Å². The number of phenols is 1. The topological polar surface area (TPSA) is 71.2 Å². The van der Waals surface area contributed by atoms with Crippen LogP contribution in [0.3, 0.4) is 0 Å². The highest BCUT2D eigenvalue weighted by atomic mass is 16.4. The van der Waals surface area contributed by atoms with Crippen LogP contribution in [-0.4, -0.2) is 27.9 Å². The zero-order chi connectivity index (χ0) is 13.9. The fourth-order valence-corrected chi connectivity index (χ4v) is 2.05. The van der Waals surface area contributed by atoms with Crippen LogP contribution in [0.15, 0.2) is 22.6 Å². The molecule has 0 atom stereocenters. The van der Waals surface area contributed by atoms with Gasteiger partial charge in [0, 0.05) is 18.0 Å². The van der Waals surface area contributed by atoms with Crippen LogP contribution in [0.25, 0.3) is 11.5 Å². The van der Waals surface area contributed by atoms with Crippen LogP contribution in [0, 0.1) is 6.92 Å². The first-order valence-corrected chi connectivity index (χ1v) is 7.08. The molecule has 1 aliphatic rings. The van der Waals surface area contributed by atoms with E-state index in [2.05, 4.69) is 15.5 Å². The van der Waals surface area contributed by atoms with E-state index >= 15 is 0 Å². The minimum atomic E-state index is 0.246. The monoisotopic (exact) mass is 273 g/mol. The molecule has 2 aromatic rings. The van der Waals surface area contributed by atoms with Crippen LogP contribution in [0.4, 0.5) is 0 Å². The van der Waals surface area contributed by atoms with E-state index in [-0.39, 0.29) is 5.75 Å². The van der Waals surface area contributed by atoms with E-state index in [1.807, 2.05) is 19.1 Å². The summed E-state index contributed by atoms with van der Waals surface area (Å²) < 4.78 is 5.63. The Balaban J connectivity index is 1.58. The summed E-state index contributed by atoms with van der Waals surface area (Å²) in [6.07, 6.45) is 4.39. The van der Waals surface area contributed by atoms with Crippen LogP contribution in [0.1, 0.15) is 30.7 Å². The number of aromatic hydroxyl groups is 1. The van der Waals surface area contributed by atoms with E-state index in [4.69, 9.17) is 4.42 Å². The lowest BCUT2D eigenvalue weighted by molar-refractivity contribution is 0.469. The summed E-state index contributed by atoms with van der Waals surface area (Å²) in [6, 6.07) is 6.11. The van der Waals surface area contributed by atoms with Gasteiger partial charge in [-0.3, -0.25) is 0 Å². The van der Waals surface area contributed by atoms with Crippen molar-refractivity contribution in [1.29, 1.82) is 0 Å². The minimum absolute atomic E-state index is 0.246. The highest BCUT2D eigenvalue weighted by Crippen LogP contribution is 2.25. The fraction of sp³-hybridized carbons (Fsp3) is 0.467. The lowest BCUT2D eigenvalue weighted by Crippen LogP contribution is -2.17. The molecule has 5 heteroatoms. The Labute approximate surface area is 118 Å². The fourth-order valence-electron chi connectivity index (χ4n) is 2.05. The minimum Gasteiger partial charge on any atom is -0.508 e. The van der Waals surface area contributed by atoms with Gasteiger partial charge in [-0.25, -0.2) is 0 Å². The molecule has 3 rings (SSSR count). The lowest BCUT2D eigenvalue weighted by atomic mass is 10.1. The standard InChI is InChI=1S/C15H19N3O2/c1-10-4-5-11(9-13(10)19)15-18-17-14(20-15)3-2-8-16-12-6-7-12/h4-5,9,12,16,19H,2-3,6-8H2,1H3. The van der Waals surface area contributed by atoms with Crippen molar-refractivity contribution in [2.24, 2.45) is 0 Å². The van der Waals surface area contributed by atoms with Crippen molar-refractivity contribution in [3.63, 3.8) is 0 Å². The first-order chi connectivity index (χ1) is 9.72. The van der Waals surface area contributed by atoms with Crippen molar-refractivity contribution in [3.8, 4) is 17.2 Å². The molecule has 0 bridgehead atoms. The average Bonchev–Trinajstić information content (AvgIpc) is 3.15. The van der Waals surface area contributed by atoms with Gasteiger partial charge >= 0.3 is 0 Å². The number of phenolic OH excluding ortho intramolecular Hbond substituents is 1. The lowest BCUT2D eigenvalue weighted by Gasteiger charge is -2.00. The van der Waals surface area contributed by atoms with Gasteiger partial charge in [0.1, 0.15) is 5.75 Å². The Bertz CT molecular complexity index is 591. The quantitative estimate of drug-likeness (QED) is 0.791. The molecule has 106 valence electrons. The number of aromatic nitrogens is 2. The molecule has 1 aromatic heterocycles. The molecule has 0 amide bonds. The molecule has 1 aliphatic carbocycles. The SMILES string of the molecule is Cc1ccc(-c2nnc(CCCNC3CC3)o2)cc1O. The molecule has 0 unspecified atom stereocenters. The van der Waals surface area contributed by atoms with Crippen molar-refractivity contribution in [2.45, 2.75) is 38.6 Å². The molecule has 0 saturated heterocycles. The van der Waals surface area contributed by atoms with Crippen LogP contribution in [0.5, 0.6) is 5.75 Å². The second-order valence-electron chi connectivity index (χ2n) is 5.33. The second-order valence-corrected chi connectivity index (χ2v) is 5.33. The van der Waals surface area contributed by atoms with Crippen LogP contribution >= 0.6 is 0 Å². The van der Waals surface area contributed by atoms with Gasteiger partial charge in [-0.2, -0.15) is 0 Å². The molecule has 0 spiro atoms. The largest absolute Gasteiger partial charge is 0.508 e. The Kier molecular flexibility index (Phi) is 3.69. The highest BCUT2D eigenvalue weighted by molar-refractivity contribution is 5.57. The molecular weight excluding hydrogens is 254 g/mol. The predicted octanol–water partition coefficient (Wildman–Crippen LogP) is 2.44. The van der Waals surface area contributed by atoms with Crippen LogP contribution < -0.4 is 5.32 Å². The summed E-state index contributed by atoms with van der Waals surface area (Å²) in [4.78, 5) is 0. The highest BCUT2D eigenvalue weighted by Gasteiger charge is 2.19. The van der Waals surface area contributed by atoms with E-state index in [0.29, 0.717) is 11.8 Å². The van der Waals surface area contributed by atoms with Gasteiger partial charge in [0.2, 0.25) is 11.8 Å². The van der Waals surface area contributed by atoms with Gasteiger partial charge in [0.15, 0.2) is 0 Å². The maximum Gasteiger partial charge on any atom is 0.247 e. The zero-order valence-corrected chi connectivity index (χ0v) is 11.6. The number of nitrogens with zero attached hydrogens (tertiary/aromatic N) is 2. The molecule has 1 fully saturated rings. The van der Waals surface area contributed by atoms with Crippen LogP contribution in [-0.2, 0) is 6.42 Å². The average molecular weight is 273 g/mol. The van der Waals surface area contributed by atoms with Crippen molar-refractivity contribution >= 4 is 0 Å². The smallest absolute Gasteiger partial charge is 0.247 e. The number of hydrogen-bond acceptors (Lipinski definition) is 5. The number of hydrogen-bond donors (Lipinski definition) is 2. The Morgan fingerprint density at radius 2 is 2.20 bits per heavy atom. The van der Waals surface area contributed by atoms with E-state index in [9.17, 15) is 5.11 Å². The number of benzene rings is 1. The molecule has 1 heterocycles. The summed E-state index contributed by atoms with van der Waals surface area (Å²) in [5, 5.41) is 21.2. The summed E-state index contributed by atoms with van der Waals surface area (Å²) >= 11 is 0. The summed E-state index contributed by atoms with van der Waals surface area (Å²) in [7, 11) is 0. The van der Waals surface area contributed by atoms with E-state index in [1.54, 1.807) is 6.07 Å². The number of nitrogens with one attached hydrogen (secondary N) is 1. The molecule has 20 heavy (non-hydrogen) atoms. The summed E-state index contributed by atoms with van der Waals surface area (Å²) in [5.41, 5.74) is 1.59. The van der Waals surface area contributed by atoms with Crippen LogP contribution in [0.2, 0.25) is 0 Å². The molecule has 0 aliphatic heterocycles. The predicted molar refractivity (Wildman–Crippen MR) is 75.5 cm³/mol. The van der Waals surface area contributed by atoms with E-state index in [1.165, 1.54) is 12.8 Å². The second kappa shape index (κ2) is 5.63. The molecular formula is C15H19N3O2. The van der Waals surface area contributed by atoms with E-state index in [0.717, 1.165) is 36.6 Å². The van der Waals surface area contributed by atoms with Gasteiger partial charge < -0.3 is 14.8 Å². The molecule has 2 N–H and O–H groups in total. The first-order valence-electron chi connectivity index (χ1n) is 7.08. The molecule has 1 aromatic carbocycles. The summed E-state index contributed by atoms with van der Waals surface area (Å²) in [6.45, 7) is 2.85. The molecule has 5 nitrogen and oxygen atoms in total. The molecule has 1 saturated carbocycles. The van der Waals surface area contributed by atoms with Crippen molar-refractivity contribution < 1.29 is 9.52 Å². The molecule has 0 radical (unpaired) electrons. The van der Waals surface area contributed by atoms with Gasteiger partial charge in [-0.05, 0) is 50.4 Å². The van der Waals surface area contributed by atoms with Gasteiger partial charge in [-0.15, -0.1) is 10.2 Å². The third-order valence-electron chi connectivity index (χ3n) is 3.50. The maximum absolute atomic E-state index is 9.70. The number of rotatable bonds is 6. The third kappa shape index (κ3) is 3.17. The van der Waals surface area contributed by atoms with E-state index < -0.39 is 0 Å². The Morgan fingerprint density at radius 1 is 1.35 bits per heavy atom. The summed E-state index contributed by atoms with van der Waals surface area (Å²) in [5.74, 6) is 1.36. The Morgan fingerprint density at radius 3 is 2.95 bits per heavy atom. The van der Waals surface area contributed by atoms with Crippen molar-refractivity contribution in [1.82, 2.24) is 15.5 Å². The maximum atomic E-state index is 9.70. The third-order valence-corrected chi connectivity index (χ3v) is 3.50. The van der Waals surface area contributed by atoms with Crippen molar-refractivity contribution in [2.75, 3.05) is 6.54 Å². The van der Waals surface area contributed by atoms with Crippen molar-refractivity contribution in [3.05, 3.63) is 29.7 Å². The first kappa shape index (κ1) is 13.1. The zero-order valence-electron chi connectivity index (χ0n) is 11.6. The Hall–Kier alpha value is -1.88. The van der Waals surface area contributed by atoms with Gasteiger partial charge in [0.25, 0.3) is 0 Å². The van der Waals surface area contributed by atoms with Gasteiger partial charge in [-0.1, -0.05) is 6.07 Å². The number of aryl methyl sites for hydroxylation is 2. The normalized spacial score (nSPS) is 14.7.